The smallest absolute Gasteiger partial charge is 0.0529 e. The molecule has 1 N–H and O–H groups in total. The fraction of sp³-hybridized carbons (Fsp3) is 0.647. The molecule has 0 fully saturated rings. The summed E-state index contributed by atoms with van der Waals surface area (Å²) in [6, 6.07) is 10.6. The lowest BCUT2D eigenvalue weighted by atomic mass is 9.95. The van der Waals surface area contributed by atoms with E-state index in [0.717, 1.165) is 39.1 Å². The van der Waals surface area contributed by atoms with Crippen LogP contribution in [0.5, 0.6) is 0 Å². The Morgan fingerprint density at radius 2 is 1.89 bits per heavy atom. The van der Waals surface area contributed by atoms with E-state index in [-0.39, 0.29) is 5.41 Å². The average molecular weight is 263 g/mol. The maximum Gasteiger partial charge on any atom is 0.0529 e. The van der Waals surface area contributed by atoms with Gasteiger partial charge in [-0.05, 0) is 31.4 Å². The standard InChI is InChI=1S/C17H29NO/c1-4-12-18-14-17(2,3)15-19-13-8-11-16-9-6-5-7-10-16/h5-7,9-10,18H,4,8,11-15H2,1-3H3. The fourth-order valence-electron chi connectivity index (χ4n) is 2.03. The van der Waals surface area contributed by atoms with Gasteiger partial charge >= 0.3 is 0 Å². The molecule has 108 valence electrons. The summed E-state index contributed by atoms with van der Waals surface area (Å²) in [4.78, 5) is 0. The molecule has 0 saturated heterocycles. The normalized spacial score (nSPS) is 11.7. The zero-order valence-corrected chi connectivity index (χ0v) is 12.7. The van der Waals surface area contributed by atoms with Crippen LogP contribution >= 0.6 is 0 Å². The first-order valence-electron chi connectivity index (χ1n) is 7.46. The van der Waals surface area contributed by atoms with E-state index in [9.17, 15) is 0 Å². The number of rotatable bonds is 10. The van der Waals surface area contributed by atoms with Crippen molar-refractivity contribution in [1.82, 2.24) is 5.32 Å². The molecule has 0 aliphatic heterocycles. The van der Waals surface area contributed by atoms with Crippen molar-refractivity contribution in [3.8, 4) is 0 Å². The molecule has 2 nitrogen and oxygen atoms in total. The van der Waals surface area contributed by atoms with E-state index < -0.39 is 0 Å². The molecule has 0 aromatic heterocycles. The maximum atomic E-state index is 5.81. The van der Waals surface area contributed by atoms with Crippen LogP contribution in [0.4, 0.5) is 0 Å². The van der Waals surface area contributed by atoms with Crippen molar-refractivity contribution in [1.29, 1.82) is 0 Å². The molecule has 0 aliphatic carbocycles. The minimum Gasteiger partial charge on any atom is -0.381 e. The van der Waals surface area contributed by atoms with Crippen LogP contribution in [-0.2, 0) is 11.2 Å². The van der Waals surface area contributed by atoms with Crippen molar-refractivity contribution in [2.24, 2.45) is 5.41 Å². The number of hydrogen-bond donors (Lipinski definition) is 1. The summed E-state index contributed by atoms with van der Waals surface area (Å²) < 4.78 is 5.81. The predicted molar refractivity (Wildman–Crippen MR) is 82.5 cm³/mol. The minimum absolute atomic E-state index is 0.224. The van der Waals surface area contributed by atoms with E-state index >= 15 is 0 Å². The van der Waals surface area contributed by atoms with E-state index in [2.05, 4.69) is 56.4 Å². The third-order valence-electron chi connectivity index (χ3n) is 3.12. The van der Waals surface area contributed by atoms with Gasteiger partial charge in [0.1, 0.15) is 0 Å². The molecule has 0 atom stereocenters. The number of benzene rings is 1. The average Bonchev–Trinajstić information content (AvgIpc) is 2.39. The molecule has 0 amide bonds. The van der Waals surface area contributed by atoms with Crippen LogP contribution in [-0.4, -0.2) is 26.3 Å². The molecule has 19 heavy (non-hydrogen) atoms. The van der Waals surface area contributed by atoms with Crippen molar-refractivity contribution in [3.63, 3.8) is 0 Å². The van der Waals surface area contributed by atoms with Gasteiger partial charge in [-0.15, -0.1) is 0 Å². The first kappa shape index (κ1) is 16.2. The maximum absolute atomic E-state index is 5.81. The number of nitrogens with one attached hydrogen (secondary N) is 1. The Morgan fingerprint density at radius 1 is 1.16 bits per heavy atom. The minimum atomic E-state index is 0.224. The van der Waals surface area contributed by atoms with Gasteiger partial charge in [-0.2, -0.15) is 0 Å². The molecule has 0 spiro atoms. The summed E-state index contributed by atoms with van der Waals surface area (Å²) in [5, 5.41) is 3.46. The Morgan fingerprint density at radius 3 is 2.58 bits per heavy atom. The summed E-state index contributed by atoms with van der Waals surface area (Å²) in [6.45, 7) is 10.5. The summed E-state index contributed by atoms with van der Waals surface area (Å²) in [5.74, 6) is 0. The number of aryl methyl sites for hydroxylation is 1. The highest BCUT2D eigenvalue weighted by Crippen LogP contribution is 2.14. The van der Waals surface area contributed by atoms with Crippen molar-refractivity contribution < 1.29 is 4.74 Å². The quantitative estimate of drug-likeness (QED) is 0.650. The zero-order chi connectivity index (χ0) is 14.0. The number of hydrogen-bond acceptors (Lipinski definition) is 2. The molecule has 1 aromatic carbocycles. The molecular formula is C17H29NO. The molecule has 2 heteroatoms. The summed E-state index contributed by atoms with van der Waals surface area (Å²) in [6.07, 6.45) is 3.39. The Labute approximate surface area is 118 Å². The highest BCUT2D eigenvalue weighted by Gasteiger charge is 2.17. The van der Waals surface area contributed by atoms with E-state index in [4.69, 9.17) is 4.74 Å². The van der Waals surface area contributed by atoms with Gasteiger partial charge in [-0.3, -0.25) is 0 Å². The molecule has 0 radical (unpaired) electrons. The van der Waals surface area contributed by atoms with Gasteiger partial charge < -0.3 is 10.1 Å². The predicted octanol–water partition coefficient (Wildman–Crippen LogP) is 3.66. The SMILES string of the molecule is CCCNCC(C)(C)COCCCc1ccccc1. The summed E-state index contributed by atoms with van der Waals surface area (Å²) in [7, 11) is 0. The molecule has 1 aromatic rings. The van der Waals surface area contributed by atoms with Crippen molar-refractivity contribution in [3.05, 3.63) is 35.9 Å². The number of ether oxygens (including phenoxy) is 1. The monoisotopic (exact) mass is 263 g/mol. The first-order chi connectivity index (χ1) is 9.14. The lowest BCUT2D eigenvalue weighted by Gasteiger charge is -2.24. The Hall–Kier alpha value is -0.860. The Bertz CT molecular complexity index is 321. The van der Waals surface area contributed by atoms with Gasteiger partial charge in [0.05, 0.1) is 6.61 Å². The highest BCUT2D eigenvalue weighted by atomic mass is 16.5. The second kappa shape index (κ2) is 9.11. The highest BCUT2D eigenvalue weighted by molar-refractivity contribution is 5.14. The first-order valence-corrected chi connectivity index (χ1v) is 7.46. The van der Waals surface area contributed by atoms with Crippen molar-refractivity contribution in [2.45, 2.75) is 40.0 Å². The summed E-state index contributed by atoms with van der Waals surface area (Å²) in [5.41, 5.74) is 1.62. The second-order valence-electron chi connectivity index (χ2n) is 5.98. The van der Waals surface area contributed by atoms with Crippen LogP contribution in [0.3, 0.4) is 0 Å². The van der Waals surface area contributed by atoms with Crippen molar-refractivity contribution >= 4 is 0 Å². The third-order valence-corrected chi connectivity index (χ3v) is 3.12. The van der Waals surface area contributed by atoms with Gasteiger partial charge in [-0.25, -0.2) is 0 Å². The Balaban J connectivity index is 2.06. The lowest BCUT2D eigenvalue weighted by molar-refractivity contribution is 0.0609. The van der Waals surface area contributed by atoms with Crippen LogP contribution in [0, 0.1) is 5.41 Å². The van der Waals surface area contributed by atoms with E-state index in [1.807, 2.05) is 0 Å². The zero-order valence-electron chi connectivity index (χ0n) is 12.7. The van der Waals surface area contributed by atoms with Gasteiger partial charge in [0, 0.05) is 18.6 Å². The molecule has 0 saturated carbocycles. The van der Waals surface area contributed by atoms with Gasteiger partial charge in [0.15, 0.2) is 0 Å². The van der Waals surface area contributed by atoms with Gasteiger partial charge in [-0.1, -0.05) is 51.1 Å². The topological polar surface area (TPSA) is 21.3 Å². The Kier molecular flexibility index (Phi) is 7.76. The van der Waals surface area contributed by atoms with Crippen LogP contribution < -0.4 is 5.32 Å². The third kappa shape index (κ3) is 8.02. The molecule has 0 aliphatic rings. The van der Waals surface area contributed by atoms with E-state index in [1.165, 1.54) is 12.0 Å². The van der Waals surface area contributed by atoms with E-state index in [0.29, 0.717) is 0 Å². The molecule has 0 bridgehead atoms. The van der Waals surface area contributed by atoms with Gasteiger partial charge in [0.25, 0.3) is 0 Å². The van der Waals surface area contributed by atoms with E-state index in [1.54, 1.807) is 0 Å². The molecule has 0 unspecified atom stereocenters. The largest absolute Gasteiger partial charge is 0.381 e. The fourth-order valence-corrected chi connectivity index (χ4v) is 2.03. The van der Waals surface area contributed by atoms with Crippen molar-refractivity contribution in [2.75, 3.05) is 26.3 Å². The van der Waals surface area contributed by atoms with Crippen LogP contribution in [0.15, 0.2) is 30.3 Å². The second-order valence-corrected chi connectivity index (χ2v) is 5.98. The van der Waals surface area contributed by atoms with Gasteiger partial charge in [0.2, 0.25) is 0 Å². The molecular weight excluding hydrogens is 234 g/mol. The summed E-state index contributed by atoms with van der Waals surface area (Å²) >= 11 is 0. The lowest BCUT2D eigenvalue weighted by Crippen LogP contribution is -2.33. The van der Waals surface area contributed by atoms with Crippen LogP contribution in [0.2, 0.25) is 0 Å². The molecule has 0 heterocycles. The van der Waals surface area contributed by atoms with Crippen LogP contribution in [0.1, 0.15) is 39.2 Å². The molecule has 1 rings (SSSR count). The van der Waals surface area contributed by atoms with Crippen LogP contribution in [0.25, 0.3) is 0 Å².